The third-order valence-corrected chi connectivity index (χ3v) is 1.47. The van der Waals surface area contributed by atoms with Gasteiger partial charge in [0.2, 0.25) is 0 Å². The van der Waals surface area contributed by atoms with Gasteiger partial charge in [-0.25, -0.2) is 0 Å². The van der Waals surface area contributed by atoms with Crippen molar-refractivity contribution in [2.24, 2.45) is 0 Å². The average Bonchev–Trinajstić information content (AvgIpc) is 1.98. The van der Waals surface area contributed by atoms with Gasteiger partial charge in [-0.3, -0.25) is 0 Å². The quantitative estimate of drug-likeness (QED) is 0.382. The predicted octanol–water partition coefficient (Wildman–Crippen LogP) is 1.70. The Kier molecular flexibility index (Phi) is 2.16. The van der Waals surface area contributed by atoms with Gasteiger partial charge in [0.1, 0.15) is 5.75 Å². The first-order valence-corrected chi connectivity index (χ1v) is 3.42. The summed E-state index contributed by atoms with van der Waals surface area (Å²) >= 11 is 0. The summed E-state index contributed by atoms with van der Waals surface area (Å²) < 4.78 is 0. The fourth-order valence-corrected chi connectivity index (χ4v) is 0.898. The van der Waals surface area contributed by atoms with E-state index in [0.717, 1.165) is 12.0 Å². The van der Waals surface area contributed by atoms with Crippen molar-refractivity contribution in [3.8, 4) is 5.75 Å². The van der Waals surface area contributed by atoms with Gasteiger partial charge in [-0.15, -0.1) is 6.58 Å². The molecule has 3 N–H and O–H groups in total. The first-order valence-electron chi connectivity index (χ1n) is 3.42. The van der Waals surface area contributed by atoms with E-state index in [4.69, 9.17) is 10.8 Å². The van der Waals surface area contributed by atoms with Crippen LogP contribution in [0.2, 0.25) is 0 Å². The Hall–Kier alpha value is -1.44. The van der Waals surface area contributed by atoms with Crippen molar-refractivity contribution in [1.82, 2.24) is 0 Å². The molecule has 2 heteroatoms. The van der Waals surface area contributed by atoms with Gasteiger partial charge in [0.05, 0.1) is 5.69 Å². The number of allylic oxidation sites excluding steroid dienone is 1. The van der Waals surface area contributed by atoms with Crippen molar-refractivity contribution in [2.45, 2.75) is 6.42 Å². The number of hydrogen-bond donors (Lipinski definition) is 2. The maximum atomic E-state index is 9.06. The lowest BCUT2D eigenvalue weighted by molar-refractivity contribution is 0.478. The largest absolute Gasteiger partial charge is 0.506 e. The molecule has 0 bridgehead atoms. The van der Waals surface area contributed by atoms with Crippen molar-refractivity contribution >= 4 is 5.69 Å². The number of benzene rings is 1. The van der Waals surface area contributed by atoms with E-state index in [1.807, 2.05) is 6.07 Å². The fourth-order valence-electron chi connectivity index (χ4n) is 0.898. The monoisotopic (exact) mass is 149 g/mol. The minimum absolute atomic E-state index is 0.137. The van der Waals surface area contributed by atoms with Crippen LogP contribution in [-0.2, 0) is 6.42 Å². The molecule has 0 aliphatic carbocycles. The van der Waals surface area contributed by atoms with Gasteiger partial charge in [0.25, 0.3) is 0 Å². The smallest absolute Gasteiger partial charge is 0.138 e. The molecule has 0 aliphatic rings. The Labute approximate surface area is 66.0 Å². The van der Waals surface area contributed by atoms with Crippen LogP contribution >= 0.6 is 0 Å². The van der Waals surface area contributed by atoms with Gasteiger partial charge in [-0.2, -0.15) is 0 Å². The third kappa shape index (κ3) is 1.74. The summed E-state index contributed by atoms with van der Waals surface area (Å²) in [5.41, 5.74) is 6.95. The van der Waals surface area contributed by atoms with Gasteiger partial charge >= 0.3 is 0 Å². The van der Waals surface area contributed by atoms with Crippen molar-refractivity contribution < 1.29 is 5.11 Å². The Morgan fingerprint density at radius 2 is 2.27 bits per heavy atom. The van der Waals surface area contributed by atoms with Crippen LogP contribution in [0.4, 0.5) is 5.69 Å². The van der Waals surface area contributed by atoms with Gasteiger partial charge in [-0.1, -0.05) is 12.1 Å². The number of nitrogen functional groups attached to an aromatic ring is 1. The highest BCUT2D eigenvalue weighted by Gasteiger charge is 1.95. The number of aromatic hydroxyl groups is 1. The number of nitrogens with two attached hydrogens (primary N) is 1. The summed E-state index contributed by atoms with van der Waals surface area (Å²) in [5, 5.41) is 9.06. The number of anilines is 1. The fraction of sp³-hybridized carbons (Fsp3) is 0.111. The topological polar surface area (TPSA) is 46.2 Å². The zero-order valence-electron chi connectivity index (χ0n) is 6.25. The molecule has 11 heavy (non-hydrogen) atoms. The second-order valence-electron chi connectivity index (χ2n) is 2.39. The SMILES string of the molecule is C=CCc1ccc(O)c(N)c1. The van der Waals surface area contributed by atoms with E-state index < -0.39 is 0 Å². The third-order valence-electron chi connectivity index (χ3n) is 1.47. The zero-order chi connectivity index (χ0) is 8.27. The van der Waals surface area contributed by atoms with Crippen LogP contribution in [0, 0.1) is 0 Å². The molecular formula is C9H11NO. The van der Waals surface area contributed by atoms with E-state index in [-0.39, 0.29) is 5.75 Å². The van der Waals surface area contributed by atoms with Crippen molar-refractivity contribution in [2.75, 3.05) is 5.73 Å². The summed E-state index contributed by atoms with van der Waals surface area (Å²) in [6, 6.07) is 5.17. The highest BCUT2D eigenvalue weighted by atomic mass is 16.3. The van der Waals surface area contributed by atoms with Gasteiger partial charge < -0.3 is 10.8 Å². The molecule has 0 radical (unpaired) electrons. The predicted molar refractivity (Wildman–Crippen MR) is 46.4 cm³/mol. The normalized spacial score (nSPS) is 9.45. The van der Waals surface area contributed by atoms with E-state index in [0.29, 0.717) is 5.69 Å². The Morgan fingerprint density at radius 3 is 2.82 bits per heavy atom. The molecule has 1 aromatic carbocycles. The Bertz CT molecular complexity index is 268. The van der Waals surface area contributed by atoms with Crippen molar-refractivity contribution in [3.63, 3.8) is 0 Å². The Balaban J connectivity index is 2.95. The van der Waals surface area contributed by atoms with E-state index in [1.54, 1.807) is 18.2 Å². The van der Waals surface area contributed by atoms with E-state index >= 15 is 0 Å². The summed E-state index contributed by atoms with van der Waals surface area (Å²) in [5.74, 6) is 0.137. The second kappa shape index (κ2) is 3.10. The van der Waals surface area contributed by atoms with Crippen LogP contribution in [0.5, 0.6) is 5.75 Å². The van der Waals surface area contributed by atoms with Gasteiger partial charge in [0.15, 0.2) is 0 Å². The molecule has 0 aliphatic heterocycles. The standard InChI is InChI=1S/C9H11NO/c1-2-3-7-4-5-9(11)8(10)6-7/h2,4-6,11H,1,3,10H2. The summed E-state index contributed by atoms with van der Waals surface area (Å²) in [4.78, 5) is 0. The molecule has 0 atom stereocenters. The molecule has 0 amide bonds. The first-order chi connectivity index (χ1) is 5.24. The lowest BCUT2D eigenvalue weighted by Crippen LogP contribution is -1.88. The summed E-state index contributed by atoms with van der Waals surface area (Å²) in [6.45, 7) is 3.60. The minimum Gasteiger partial charge on any atom is -0.506 e. The number of rotatable bonds is 2. The molecule has 0 fully saturated rings. The lowest BCUT2D eigenvalue weighted by atomic mass is 10.1. The molecule has 0 aromatic heterocycles. The lowest BCUT2D eigenvalue weighted by Gasteiger charge is -2.00. The van der Waals surface area contributed by atoms with Gasteiger partial charge in [-0.05, 0) is 24.1 Å². The maximum Gasteiger partial charge on any atom is 0.138 e. The highest BCUT2D eigenvalue weighted by Crippen LogP contribution is 2.20. The average molecular weight is 149 g/mol. The number of phenolic OH excluding ortho intramolecular Hbond substituents is 1. The molecule has 0 unspecified atom stereocenters. The molecule has 1 rings (SSSR count). The molecule has 0 saturated carbocycles. The van der Waals surface area contributed by atoms with E-state index in [2.05, 4.69) is 6.58 Å². The second-order valence-corrected chi connectivity index (χ2v) is 2.39. The van der Waals surface area contributed by atoms with E-state index in [9.17, 15) is 0 Å². The maximum absolute atomic E-state index is 9.06. The molecule has 0 spiro atoms. The van der Waals surface area contributed by atoms with Crippen molar-refractivity contribution in [3.05, 3.63) is 36.4 Å². The summed E-state index contributed by atoms with van der Waals surface area (Å²) in [7, 11) is 0. The highest BCUT2D eigenvalue weighted by molar-refractivity contribution is 5.53. The minimum atomic E-state index is 0.137. The molecular weight excluding hydrogens is 138 g/mol. The molecule has 58 valence electrons. The molecule has 0 heterocycles. The van der Waals surface area contributed by atoms with Crippen LogP contribution in [0.1, 0.15) is 5.56 Å². The molecule has 1 aromatic rings. The van der Waals surface area contributed by atoms with Crippen LogP contribution < -0.4 is 5.73 Å². The van der Waals surface area contributed by atoms with E-state index in [1.165, 1.54) is 0 Å². The first kappa shape index (κ1) is 7.66. The number of phenols is 1. The number of hydrogen-bond acceptors (Lipinski definition) is 2. The Morgan fingerprint density at radius 1 is 1.55 bits per heavy atom. The van der Waals surface area contributed by atoms with Gasteiger partial charge in [0, 0.05) is 0 Å². The van der Waals surface area contributed by atoms with Crippen LogP contribution in [-0.4, -0.2) is 5.11 Å². The van der Waals surface area contributed by atoms with Crippen LogP contribution in [0.25, 0.3) is 0 Å². The molecule has 0 saturated heterocycles. The van der Waals surface area contributed by atoms with Crippen molar-refractivity contribution in [1.29, 1.82) is 0 Å². The summed E-state index contributed by atoms with van der Waals surface area (Å²) in [6.07, 6.45) is 2.58. The van der Waals surface area contributed by atoms with Crippen LogP contribution in [0.3, 0.4) is 0 Å². The zero-order valence-corrected chi connectivity index (χ0v) is 6.25. The van der Waals surface area contributed by atoms with Crippen LogP contribution in [0.15, 0.2) is 30.9 Å². The molecule has 2 nitrogen and oxygen atoms in total.